The highest BCUT2D eigenvalue weighted by molar-refractivity contribution is 7.90. The van der Waals surface area contributed by atoms with Gasteiger partial charge in [0, 0.05) is 28.3 Å². The number of hydrogen-bond acceptors (Lipinski definition) is 16. The summed E-state index contributed by atoms with van der Waals surface area (Å²) in [6.07, 6.45) is 1.29. The van der Waals surface area contributed by atoms with Crippen LogP contribution in [0.1, 0.15) is 6.42 Å². The minimum absolute atomic E-state index is 0.0911. The van der Waals surface area contributed by atoms with Crippen molar-refractivity contribution in [3.05, 3.63) is 111 Å². The first-order valence-electron chi connectivity index (χ1n) is 15.3. The Morgan fingerprint density at radius 2 is 1.20 bits per heavy atom. The lowest BCUT2D eigenvalue weighted by Crippen LogP contribution is -2.25. The number of hydrogen-bond donors (Lipinski definition) is 8. The molecule has 1 atom stereocenters. The van der Waals surface area contributed by atoms with Gasteiger partial charge in [-0.15, -0.1) is 10.2 Å². The molecule has 2 aliphatic rings. The number of aliphatic hydroxyl groups excluding tert-OH is 1. The fourth-order valence-corrected chi connectivity index (χ4v) is 8.48. The van der Waals surface area contributed by atoms with Crippen LogP contribution in [0.2, 0.25) is 0 Å². The number of aromatic hydroxyl groups is 1. The van der Waals surface area contributed by atoms with Gasteiger partial charge in [0.2, 0.25) is 0 Å². The van der Waals surface area contributed by atoms with E-state index in [0.717, 1.165) is 30.4 Å². The number of rotatable bonds is 9. The van der Waals surface area contributed by atoms with E-state index in [1.165, 1.54) is 24.3 Å². The van der Waals surface area contributed by atoms with Crippen molar-refractivity contribution in [3.63, 3.8) is 0 Å². The van der Waals surface area contributed by atoms with Gasteiger partial charge >= 0.3 is 0 Å². The average Bonchev–Trinajstić information content (AvgIpc) is 3.09. The molecule has 0 saturated carbocycles. The van der Waals surface area contributed by atoms with Crippen molar-refractivity contribution in [2.45, 2.75) is 16.2 Å². The molecule has 0 fully saturated rings. The largest absolute Gasteiger partial charge is 0.505 e. The van der Waals surface area contributed by atoms with Crippen LogP contribution in [0, 0.1) is 5.92 Å². The van der Waals surface area contributed by atoms with Gasteiger partial charge in [-0.05, 0) is 71.5 Å². The first-order valence-corrected chi connectivity index (χ1v) is 21.1. The monoisotopic (exact) mass is 846 g/mol. The molecule has 0 saturated heterocycles. The summed E-state index contributed by atoms with van der Waals surface area (Å²) in [4.78, 5) is -3.02. The molecular formula is C32H26N6O14S4. The maximum atomic E-state index is 12.2. The molecule has 0 radical (unpaired) electrons. The van der Waals surface area contributed by atoms with E-state index in [-0.39, 0.29) is 39.1 Å². The highest BCUT2D eigenvalue weighted by Crippen LogP contribution is 2.45. The van der Waals surface area contributed by atoms with Crippen molar-refractivity contribution in [1.82, 2.24) is 0 Å². The van der Waals surface area contributed by atoms with E-state index in [1.54, 1.807) is 24.3 Å². The molecule has 56 heavy (non-hydrogen) atoms. The third-order valence-corrected chi connectivity index (χ3v) is 12.0. The Morgan fingerprint density at radius 1 is 0.643 bits per heavy atom. The van der Waals surface area contributed by atoms with Gasteiger partial charge < -0.3 is 21.7 Å². The minimum atomic E-state index is -5.07. The van der Waals surface area contributed by atoms with Crippen LogP contribution in [0.25, 0.3) is 21.9 Å². The number of benzene rings is 4. The van der Waals surface area contributed by atoms with Gasteiger partial charge in [0.05, 0.1) is 21.2 Å². The van der Waals surface area contributed by atoms with Crippen LogP contribution in [-0.4, -0.2) is 62.1 Å². The van der Waals surface area contributed by atoms with Crippen molar-refractivity contribution in [2.75, 3.05) is 5.73 Å². The van der Waals surface area contributed by atoms with Crippen LogP contribution in [0.15, 0.2) is 142 Å². The highest BCUT2D eigenvalue weighted by Gasteiger charge is 2.38. The molecule has 0 bridgehead atoms. The SMILES string of the molecule is NC1=CC(S(=O)(=O)O)=CC2CC(S(=O)(=O)O)=C(N=Nc3ccc(-c4ccc(N=Nc5c(S(=O)(=O)O)cc6cc(S(=O)(=O)O)cc(N)c6c5O)cc4)cc3)C(O)=C12. The molecule has 0 aliphatic heterocycles. The standard InChI is InChI=1S/C32H26N6O14S4/c33-23-13-21(53(41,42)43)9-17-11-25(55(47,48)49)29(31(39)27(17)23)37-35-19-5-1-15(2-6-19)16-3-7-20(8-4-16)36-38-30-26(56(50,51)52)12-18-10-22(54(44,45)46)14-24(34)28(18)32(30)40/h1-11,13-14,18,39-40H,12,33-34H2,(H,41,42,43)(H,44,45,46)(H,47,48,49)(H,50,51,52). The summed E-state index contributed by atoms with van der Waals surface area (Å²) in [5.74, 6) is -2.78. The first kappa shape index (κ1) is 39.8. The summed E-state index contributed by atoms with van der Waals surface area (Å²) in [5.41, 5.74) is 11.3. The zero-order valence-electron chi connectivity index (χ0n) is 27.8. The maximum absolute atomic E-state index is 12.2. The Hall–Kier alpha value is -5.86. The molecule has 1 unspecified atom stereocenters. The van der Waals surface area contributed by atoms with Gasteiger partial charge in [-0.25, -0.2) is 0 Å². The molecule has 2 aliphatic carbocycles. The second kappa shape index (κ2) is 14.0. The number of phenolic OH excluding ortho intramolecular Hbond substituents is 1. The first-order chi connectivity index (χ1) is 25.9. The third-order valence-electron chi connectivity index (χ3n) is 8.43. The van der Waals surface area contributed by atoms with Crippen molar-refractivity contribution in [1.29, 1.82) is 0 Å². The fourth-order valence-electron chi connectivity index (χ4n) is 5.89. The second-order valence-electron chi connectivity index (χ2n) is 12.1. The van der Waals surface area contributed by atoms with Crippen molar-refractivity contribution in [2.24, 2.45) is 32.1 Å². The number of allylic oxidation sites excluding steroid dienone is 4. The van der Waals surface area contributed by atoms with Gasteiger partial charge in [-0.2, -0.15) is 43.9 Å². The van der Waals surface area contributed by atoms with Crippen LogP contribution in [0.3, 0.4) is 0 Å². The molecule has 4 aromatic rings. The molecular weight excluding hydrogens is 821 g/mol. The van der Waals surface area contributed by atoms with Crippen LogP contribution < -0.4 is 11.5 Å². The van der Waals surface area contributed by atoms with Crippen LogP contribution in [0.5, 0.6) is 5.75 Å². The topological polar surface area (TPSA) is 359 Å². The van der Waals surface area contributed by atoms with Gasteiger partial charge in [0.25, 0.3) is 40.5 Å². The summed E-state index contributed by atoms with van der Waals surface area (Å²) < 4.78 is 134. The summed E-state index contributed by atoms with van der Waals surface area (Å²) >= 11 is 0. The lowest BCUT2D eigenvalue weighted by Gasteiger charge is -2.28. The normalized spacial score (nSPS) is 17.1. The van der Waals surface area contributed by atoms with E-state index in [9.17, 15) is 62.1 Å². The molecule has 0 spiro atoms. The number of nitrogens with two attached hydrogens (primary N) is 2. The number of fused-ring (bicyclic) bond motifs is 2. The Bertz CT molecular complexity index is 3010. The van der Waals surface area contributed by atoms with E-state index < -0.39 is 95.3 Å². The van der Waals surface area contributed by atoms with E-state index >= 15 is 0 Å². The zero-order chi connectivity index (χ0) is 41.1. The molecule has 0 amide bonds. The molecule has 4 aromatic carbocycles. The molecule has 0 heterocycles. The van der Waals surface area contributed by atoms with Crippen molar-refractivity contribution in [3.8, 4) is 16.9 Å². The maximum Gasteiger partial charge on any atom is 0.296 e. The molecule has 20 nitrogen and oxygen atoms in total. The number of nitrogens with zero attached hydrogens (tertiary/aromatic N) is 4. The van der Waals surface area contributed by atoms with Gasteiger partial charge in [-0.1, -0.05) is 30.3 Å². The van der Waals surface area contributed by atoms with Crippen LogP contribution in [-0.2, 0) is 40.5 Å². The van der Waals surface area contributed by atoms with E-state index in [2.05, 4.69) is 20.5 Å². The number of azo groups is 2. The van der Waals surface area contributed by atoms with Crippen molar-refractivity contribution < 1.29 is 62.1 Å². The summed E-state index contributed by atoms with van der Waals surface area (Å²) in [7, 11) is -19.6. The fraction of sp³-hybridized carbons (Fsp3) is 0.0625. The number of nitrogen functional groups attached to an aromatic ring is 1. The lowest BCUT2D eigenvalue weighted by atomic mass is 9.84. The second-order valence-corrected chi connectivity index (χ2v) is 17.8. The summed E-state index contributed by atoms with van der Waals surface area (Å²) in [6.45, 7) is 0. The quantitative estimate of drug-likeness (QED) is 0.0598. The minimum Gasteiger partial charge on any atom is -0.505 e. The van der Waals surface area contributed by atoms with E-state index in [1.807, 2.05) is 0 Å². The Labute approximate surface area is 317 Å². The Morgan fingerprint density at radius 3 is 1.70 bits per heavy atom. The van der Waals surface area contributed by atoms with E-state index in [0.29, 0.717) is 11.1 Å². The average molecular weight is 847 g/mol. The van der Waals surface area contributed by atoms with Gasteiger partial charge in [0.15, 0.2) is 5.75 Å². The molecule has 10 N–H and O–H groups in total. The van der Waals surface area contributed by atoms with E-state index in [4.69, 9.17) is 11.5 Å². The Kier molecular flexibility index (Phi) is 9.97. The molecule has 24 heteroatoms. The van der Waals surface area contributed by atoms with Crippen molar-refractivity contribution >= 4 is 74.0 Å². The molecule has 6 rings (SSSR count). The summed E-state index contributed by atoms with van der Waals surface area (Å²) in [6, 6.07) is 14.8. The number of aliphatic hydroxyl groups is 1. The Balaban J connectivity index is 1.26. The molecule has 0 aromatic heterocycles. The third kappa shape index (κ3) is 7.93. The highest BCUT2D eigenvalue weighted by atomic mass is 32.2. The predicted molar refractivity (Wildman–Crippen MR) is 198 cm³/mol. The van der Waals surface area contributed by atoms with Gasteiger partial charge in [0.1, 0.15) is 26.9 Å². The number of anilines is 1. The lowest BCUT2D eigenvalue weighted by molar-refractivity contribution is 0.397. The van der Waals surface area contributed by atoms with Gasteiger partial charge in [-0.3, -0.25) is 18.2 Å². The van der Waals surface area contributed by atoms with Crippen LogP contribution in [0.4, 0.5) is 22.7 Å². The predicted octanol–water partition coefficient (Wildman–Crippen LogP) is 5.35. The number of phenols is 1. The molecule has 292 valence electrons. The van der Waals surface area contributed by atoms with Crippen LogP contribution >= 0.6 is 0 Å². The summed E-state index contributed by atoms with van der Waals surface area (Å²) in [5, 5.41) is 36.9. The zero-order valence-corrected chi connectivity index (χ0v) is 31.1. The smallest absolute Gasteiger partial charge is 0.296 e.